The Hall–Kier alpha value is -3.02. The van der Waals surface area contributed by atoms with Gasteiger partial charge in [-0.15, -0.1) is 0 Å². The van der Waals surface area contributed by atoms with Gasteiger partial charge in [-0.2, -0.15) is 0 Å². The van der Waals surface area contributed by atoms with Crippen molar-refractivity contribution in [2.45, 2.75) is 53.0 Å². The number of allylic oxidation sites excluding steroid dienone is 4. The van der Waals surface area contributed by atoms with Crippen LogP contribution in [0.2, 0.25) is 0 Å². The largest absolute Gasteiger partial charge is 0.504 e. The minimum Gasteiger partial charge on any atom is -0.504 e. The lowest BCUT2D eigenvalue weighted by Crippen LogP contribution is -2.12. The van der Waals surface area contributed by atoms with Gasteiger partial charge < -0.3 is 19.9 Å². The number of hydrogen-bond donors (Lipinski definition) is 2. The van der Waals surface area contributed by atoms with E-state index in [1.54, 1.807) is 13.0 Å². The molecule has 0 spiro atoms. The molecule has 0 saturated heterocycles. The Morgan fingerprint density at radius 3 is 2.57 bits per heavy atom. The van der Waals surface area contributed by atoms with Crippen molar-refractivity contribution in [3.8, 4) is 17.2 Å². The molecule has 0 aliphatic carbocycles. The van der Waals surface area contributed by atoms with E-state index in [0.717, 1.165) is 24.8 Å². The van der Waals surface area contributed by atoms with E-state index >= 15 is 0 Å². The van der Waals surface area contributed by atoms with E-state index < -0.39 is 0 Å². The standard InChI is InChI=1S/C24H31NO5/c1-15(2)20(26)10-9-16(3)7-6-8-17(4)11-12-30-23-21(29-5)13-18-19(22(23)27)14-25-24(18)28/h7,11,13,27H,1,6,8-10,12,14H2,2-5H3,(H,25,28)/b16-7+,17-11+. The van der Waals surface area contributed by atoms with Gasteiger partial charge in [-0.1, -0.05) is 23.8 Å². The van der Waals surface area contributed by atoms with Gasteiger partial charge in [-0.05, 0) is 57.7 Å². The highest BCUT2D eigenvalue weighted by Gasteiger charge is 2.27. The molecule has 162 valence electrons. The topological polar surface area (TPSA) is 84.9 Å². The Morgan fingerprint density at radius 1 is 1.20 bits per heavy atom. The number of rotatable bonds is 11. The highest BCUT2D eigenvalue weighted by atomic mass is 16.5. The molecule has 1 aliphatic heterocycles. The summed E-state index contributed by atoms with van der Waals surface area (Å²) in [7, 11) is 1.47. The monoisotopic (exact) mass is 413 g/mol. The molecule has 1 aromatic carbocycles. The van der Waals surface area contributed by atoms with E-state index in [0.29, 0.717) is 28.9 Å². The number of phenolic OH excluding ortho intramolecular Hbond substituents is 1. The molecule has 0 saturated carbocycles. The molecule has 6 heteroatoms. The SMILES string of the molecule is C=C(C)C(=O)CC/C(C)=C/CC/C(C)=C/COc1c(OC)cc2c(c1O)CNC2=O. The van der Waals surface area contributed by atoms with E-state index in [-0.39, 0.29) is 36.3 Å². The van der Waals surface area contributed by atoms with E-state index in [9.17, 15) is 14.7 Å². The number of ether oxygens (including phenoxy) is 2. The summed E-state index contributed by atoms with van der Waals surface area (Å²) < 4.78 is 11.0. The van der Waals surface area contributed by atoms with Crippen molar-refractivity contribution in [2.24, 2.45) is 0 Å². The summed E-state index contributed by atoms with van der Waals surface area (Å²) >= 11 is 0. The van der Waals surface area contributed by atoms with E-state index in [1.165, 1.54) is 12.7 Å². The molecule has 0 fully saturated rings. The minimum absolute atomic E-state index is 0.0587. The summed E-state index contributed by atoms with van der Waals surface area (Å²) in [6.07, 6.45) is 7.14. The van der Waals surface area contributed by atoms with Crippen molar-refractivity contribution in [1.29, 1.82) is 0 Å². The molecule has 0 atom stereocenters. The number of Topliss-reactive ketones (excluding diaryl/α,β-unsaturated/α-hetero) is 1. The third-order valence-electron chi connectivity index (χ3n) is 5.13. The molecule has 0 aromatic heterocycles. The van der Waals surface area contributed by atoms with Crippen molar-refractivity contribution in [1.82, 2.24) is 5.32 Å². The Morgan fingerprint density at radius 2 is 1.90 bits per heavy atom. The van der Waals surface area contributed by atoms with Crippen LogP contribution in [0.5, 0.6) is 17.2 Å². The van der Waals surface area contributed by atoms with Crippen LogP contribution in [0, 0.1) is 0 Å². The Labute approximate surface area is 178 Å². The number of phenols is 1. The summed E-state index contributed by atoms with van der Waals surface area (Å²) in [4.78, 5) is 23.4. The van der Waals surface area contributed by atoms with Crippen molar-refractivity contribution in [2.75, 3.05) is 13.7 Å². The van der Waals surface area contributed by atoms with Crippen LogP contribution in [-0.2, 0) is 11.3 Å². The molecule has 1 amide bonds. The molecular formula is C24H31NO5. The predicted octanol–water partition coefficient (Wildman–Crippen LogP) is 4.62. The molecule has 2 rings (SSSR count). The normalized spacial score (nSPS) is 13.7. The molecule has 0 unspecified atom stereocenters. The molecule has 0 bridgehead atoms. The van der Waals surface area contributed by atoms with Crippen molar-refractivity contribution < 1.29 is 24.2 Å². The summed E-state index contributed by atoms with van der Waals surface area (Å²) in [6.45, 7) is 10.0. The smallest absolute Gasteiger partial charge is 0.252 e. The molecule has 1 heterocycles. The number of amides is 1. The first-order chi connectivity index (χ1) is 14.2. The zero-order valence-corrected chi connectivity index (χ0v) is 18.3. The van der Waals surface area contributed by atoms with E-state index in [2.05, 4.69) is 18.0 Å². The number of nitrogens with one attached hydrogen (secondary N) is 1. The number of ketones is 1. The number of carbonyl (C=O) groups excluding carboxylic acids is 2. The van der Waals surface area contributed by atoms with Crippen LogP contribution in [-0.4, -0.2) is 30.5 Å². The fraction of sp³-hybridized carbons (Fsp3) is 0.417. The lowest BCUT2D eigenvalue weighted by Gasteiger charge is -2.14. The highest BCUT2D eigenvalue weighted by molar-refractivity contribution is 6.00. The van der Waals surface area contributed by atoms with Gasteiger partial charge in [0.15, 0.2) is 17.3 Å². The van der Waals surface area contributed by atoms with Gasteiger partial charge in [0.05, 0.1) is 12.7 Å². The van der Waals surface area contributed by atoms with Crippen LogP contribution in [0.3, 0.4) is 0 Å². The first kappa shape index (κ1) is 23.3. The number of carbonyl (C=O) groups is 2. The van der Waals surface area contributed by atoms with Gasteiger partial charge >= 0.3 is 0 Å². The van der Waals surface area contributed by atoms with E-state index in [4.69, 9.17) is 9.47 Å². The second-order valence-electron chi connectivity index (χ2n) is 7.62. The van der Waals surface area contributed by atoms with Crippen LogP contribution in [0.1, 0.15) is 62.4 Å². The van der Waals surface area contributed by atoms with Gasteiger partial charge in [0, 0.05) is 18.5 Å². The summed E-state index contributed by atoms with van der Waals surface area (Å²) in [5, 5.41) is 13.2. The lowest BCUT2D eigenvalue weighted by atomic mass is 10.0. The second kappa shape index (κ2) is 10.7. The minimum atomic E-state index is -0.228. The second-order valence-corrected chi connectivity index (χ2v) is 7.62. The molecular weight excluding hydrogens is 382 g/mol. The zero-order valence-electron chi connectivity index (χ0n) is 18.3. The maximum Gasteiger partial charge on any atom is 0.252 e. The third kappa shape index (κ3) is 5.99. The highest BCUT2D eigenvalue weighted by Crippen LogP contribution is 2.42. The van der Waals surface area contributed by atoms with Gasteiger partial charge in [0.1, 0.15) is 6.61 Å². The summed E-state index contributed by atoms with van der Waals surface area (Å²) in [6, 6.07) is 1.59. The first-order valence-electron chi connectivity index (χ1n) is 10.1. The number of methoxy groups -OCH3 is 1. The van der Waals surface area contributed by atoms with Gasteiger partial charge in [0.25, 0.3) is 5.91 Å². The van der Waals surface area contributed by atoms with Gasteiger partial charge in [-0.3, -0.25) is 9.59 Å². The molecule has 30 heavy (non-hydrogen) atoms. The number of fused-ring (bicyclic) bond motifs is 1. The van der Waals surface area contributed by atoms with Crippen LogP contribution >= 0.6 is 0 Å². The molecule has 1 aromatic rings. The Kier molecular flexibility index (Phi) is 8.27. The number of hydrogen-bond acceptors (Lipinski definition) is 5. The number of benzene rings is 1. The average Bonchev–Trinajstić information content (AvgIpc) is 3.08. The number of aromatic hydroxyl groups is 1. The van der Waals surface area contributed by atoms with E-state index in [1.807, 2.05) is 19.9 Å². The van der Waals surface area contributed by atoms with Gasteiger partial charge in [0.2, 0.25) is 5.75 Å². The van der Waals surface area contributed by atoms with Crippen LogP contribution in [0.15, 0.2) is 41.5 Å². The van der Waals surface area contributed by atoms with Crippen LogP contribution < -0.4 is 14.8 Å². The Balaban J connectivity index is 1.88. The van der Waals surface area contributed by atoms with Crippen molar-refractivity contribution in [3.05, 3.63) is 52.6 Å². The fourth-order valence-electron chi connectivity index (χ4n) is 3.14. The predicted molar refractivity (Wildman–Crippen MR) is 117 cm³/mol. The molecule has 1 aliphatic rings. The third-order valence-corrected chi connectivity index (χ3v) is 5.13. The van der Waals surface area contributed by atoms with Crippen LogP contribution in [0.25, 0.3) is 0 Å². The first-order valence-corrected chi connectivity index (χ1v) is 10.1. The molecule has 6 nitrogen and oxygen atoms in total. The summed E-state index contributed by atoms with van der Waals surface area (Å²) in [5.41, 5.74) is 3.91. The zero-order chi connectivity index (χ0) is 22.3. The van der Waals surface area contributed by atoms with Gasteiger partial charge in [-0.25, -0.2) is 0 Å². The maximum atomic E-state index is 11.8. The summed E-state index contributed by atoms with van der Waals surface area (Å²) in [5.74, 6) is 0.401. The average molecular weight is 414 g/mol. The van der Waals surface area contributed by atoms with Crippen molar-refractivity contribution >= 4 is 11.7 Å². The molecule has 0 radical (unpaired) electrons. The Bertz CT molecular complexity index is 895. The molecule has 2 N–H and O–H groups in total. The van der Waals surface area contributed by atoms with Crippen molar-refractivity contribution in [3.63, 3.8) is 0 Å². The maximum absolute atomic E-state index is 11.8. The fourth-order valence-corrected chi connectivity index (χ4v) is 3.14. The quantitative estimate of drug-likeness (QED) is 0.408. The lowest BCUT2D eigenvalue weighted by molar-refractivity contribution is -0.115. The van der Waals surface area contributed by atoms with Crippen LogP contribution in [0.4, 0.5) is 0 Å².